The summed E-state index contributed by atoms with van der Waals surface area (Å²) in [6.45, 7) is 9.41. The number of rotatable bonds is 8. The van der Waals surface area contributed by atoms with Crippen molar-refractivity contribution in [3.63, 3.8) is 0 Å². The molecule has 0 spiro atoms. The molecule has 1 fully saturated rings. The van der Waals surface area contributed by atoms with Crippen molar-refractivity contribution in [1.82, 2.24) is 20.9 Å². The Hall–Kier alpha value is -1.63. The molecule has 1 aromatic rings. The first kappa shape index (κ1) is 22.4. The van der Waals surface area contributed by atoms with Crippen molar-refractivity contribution in [1.29, 1.82) is 0 Å². The van der Waals surface area contributed by atoms with Crippen LogP contribution in [-0.4, -0.2) is 56.0 Å². The van der Waals surface area contributed by atoms with Crippen LogP contribution >= 0.6 is 12.4 Å². The average Bonchev–Trinajstić information content (AvgIpc) is 2.59. The molecule has 7 heteroatoms. The highest BCUT2D eigenvalue weighted by Crippen LogP contribution is 2.17. The summed E-state index contributed by atoms with van der Waals surface area (Å²) in [6, 6.07) is 7.64. The summed E-state index contributed by atoms with van der Waals surface area (Å²) in [5.41, 5.74) is 2.11. The fourth-order valence-corrected chi connectivity index (χ4v) is 3.02. The predicted octanol–water partition coefficient (Wildman–Crippen LogP) is 1.40. The molecular weight excluding hydrogens is 352 g/mol. The zero-order valence-corrected chi connectivity index (χ0v) is 16.5. The van der Waals surface area contributed by atoms with E-state index in [9.17, 15) is 9.59 Å². The van der Waals surface area contributed by atoms with Crippen molar-refractivity contribution in [2.75, 3.05) is 39.3 Å². The van der Waals surface area contributed by atoms with Crippen LogP contribution in [0.1, 0.15) is 36.9 Å². The largest absolute Gasteiger partial charge is 0.356 e. The lowest BCUT2D eigenvalue weighted by Crippen LogP contribution is -2.44. The Morgan fingerprint density at radius 3 is 2.46 bits per heavy atom. The number of amides is 2. The SMILES string of the molecule is CC(=O)NC(CC(=O)NCCCN1CCNCC1)c1ccc(C)cc1.Cl. The third-order valence-electron chi connectivity index (χ3n) is 4.43. The van der Waals surface area contributed by atoms with Gasteiger partial charge in [-0.3, -0.25) is 9.59 Å². The molecule has 0 bridgehead atoms. The molecule has 0 saturated carbocycles. The molecule has 0 aliphatic carbocycles. The Labute approximate surface area is 162 Å². The average molecular weight is 383 g/mol. The van der Waals surface area contributed by atoms with Gasteiger partial charge in [-0.15, -0.1) is 12.4 Å². The second-order valence-corrected chi connectivity index (χ2v) is 6.66. The summed E-state index contributed by atoms with van der Waals surface area (Å²) in [5, 5.41) is 9.18. The van der Waals surface area contributed by atoms with Crippen LogP contribution in [0.25, 0.3) is 0 Å². The molecule has 146 valence electrons. The van der Waals surface area contributed by atoms with Gasteiger partial charge in [-0.25, -0.2) is 0 Å². The van der Waals surface area contributed by atoms with Crippen molar-refractivity contribution in [2.24, 2.45) is 0 Å². The lowest BCUT2D eigenvalue weighted by atomic mass is 10.0. The van der Waals surface area contributed by atoms with Gasteiger partial charge in [0, 0.05) is 39.6 Å². The molecule has 6 nitrogen and oxygen atoms in total. The number of piperazine rings is 1. The number of hydrogen-bond donors (Lipinski definition) is 3. The lowest BCUT2D eigenvalue weighted by Gasteiger charge is -2.27. The normalized spacial score (nSPS) is 15.6. The van der Waals surface area contributed by atoms with E-state index in [2.05, 4.69) is 20.9 Å². The first-order valence-electron chi connectivity index (χ1n) is 9.08. The van der Waals surface area contributed by atoms with Crippen LogP contribution < -0.4 is 16.0 Å². The van der Waals surface area contributed by atoms with Gasteiger partial charge in [0.2, 0.25) is 11.8 Å². The number of carbonyl (C=O) groups excluding carboxylic acids is 2. The summed E-state index contributed by atoms with van der Waals surface area (Å²) in [5.74, 6) is -0.156. The molecule has 1 aliphatic rings. The molecule has 2 rings (SSSR count). The van der Waals surface area contributed by atoms with E-state index < -0.39 is 0 Å². The molecule has 1 heterocycles. The zero-order valence-electron chi connectivity index (χ0n) is 15.7. The van der Waals surface area contributed by atoms with Crippen molar-refractivity contribution in [2.45, 2.75) is 32.7 Å². The van der Waals surface area contributed by atoms with Crippen molar-refractivity contribution in [3.05, 3.63) is 35.4 Å². The zero-order chi connectivity index (χ0) is 18.1. The molecular formula is C19H31ClN4O2. The summed E-state index contributed by atoms with van der Waals surface area (Å²) in [4.78, 5) is 26.1. The van der Waals surface area contributed by atoms with E-state index in [1.54, 1.807) is 0 Å². The summed E-state index contributed by atoms with van der Waals surface area (Å²) in [7, 11) is 0. The maximum atomic E-state index is 12.2. The number of benzene rings is 1. The monoisotopic (exact) mass is 382 g/mol. The summed E-state index contributed by atoms with van der Waals surface area (Å²) >= 11 is 0. The van der Waals surface area contributed by atoms with Crippen molar-refractivity contribution < 1.29 is 9.59 Å². The van der Waals surface area contributed by atoms with Crippen LogP contribution in [0.3, 0.4) is 0 Å². The van der Waals surface area contributed by atoms with Gasteiger partial charge >= 0.3 is 0 Å². The van der Waals surface area contributed by atoms with E-state index in [1.165, 1.54) is 6.92 Å². The van der Waals surface area contributed by atoms with Gasteiger partial charge in [0.05, 0.1) is 12.5 Å². The summed E-state index contributed by atoms with van der Waals surface area (Å²) in [6.07, 6.45) is 1.21. The smallest absolute Gasteiger partial charge is 0.222 e. The minimum Gasteiger partial charge on any atom is -0.356 e. The maximum Gasteiger partial charge on any atom is 0.222 e. The fourth-order valence-electron chi connectivity index (χ4n) is 3.02. The van der Waals surface area contributed by atoms with Gasteiger partial charge in [-0.05, 0) is 25.5 Å². The molecule has 0 radical (unpaired) electrons. The Balaban J connectivity index is 0.00000338. The van der Waals surface area contributed by atoms with Crippen LogP contribution in [0.2, 0.25) is 0 Å². The van der Waals surface area contributed by atoms with Crippen LogP contribution in [0.4, 0.5) is 0 Å². The molecule has 2 amide bonds. The van der Waals surface area contributed by atoms with Crippen LogP contribution in [-0.2, 0) is 9.59 Å². The summed E-state index contributed by atoms with van der Waals surface area (Å²) < 4.78 is 0. The van der Waals surface area contributed by atoms with E-state index in [0.717, 1.165) is 50.3 Å². The quantitative estimate of drug-likeness (QED) is 0.594. The van der Waals surface area contributed by atoms with E-state index in [1.807, 2.05) is 31.2 Å². The molecule has 1 atom stereocenters. The van der Waals surface area contributed by atoms with Crippen molar-refractivity contribution >= 4 is 24.2 Å². The number of halogens is 1. The number of aryl methyl sites for hydroxylation is 1. The molecule has 0 aromatic heterocycles. The van der Waals surface area contributed by atoms with Gasteiger partial charge in [-0.2, -0.15) is 0 Å². The molecule has 26 heavy (non-hydrogen) atoms. The van der Waals surface area contributed by atoms with E-state index in [-0.39, 0.29) is 36.7 Å². The van der Waals surface area contributed by atoms with Crippen LogP contribution in [0.5, 0.6) is 0 Å². The van der Waals surface area contributed by atoms with E-state index in [4.69, 9.17) is 0 Å². The molecule has 1 aliphatic heterocycles. The maximum absolute atomic E-state index is 12.2. The predicted molar refractivity (Wildman–Crippen MR) is 107 cm³/mol. The minimum atomic E-state index is -0.286. The van der Waals surface area contributed by atoms with Gasteiger partial charge < -0.3 is 20.9 Å². The highest BCUT2D eigenvalue weighted by molar-refractivity contribution is 5.85. The van der Waals surface area contributed by atoms with Crippen LogP contribution in [0.15, 0.2) is 24.3 Å². The Morgan fingerprint density at radius 1 is 1.19 bits per heavy atom. The van der Waals surface area contributed by atoms with Gasteiger partial charge in [0.25, 0.3) is 0 Å². The second-order valence-electron chi connectivity index (χ2n) is 6.66. The molecule has 3 N–H and O–H groups in total. The Morgan fingerprint density at radius 2 is 1.85 bits per heavy atom. The standard InChI is InChI=1S/C19H30N4O2.ClH/c1-15-4-6-17(7-5-15)18(22-16(2)24)14-19(25)21-8-3-11-23-12-9-20-10-13-23;/h4-7,18,20H,3,8-14H2,1-2H3,(H,21,25)(H,22,24);1H. The molecule has 1 aromatic carbocycles. The number of carbonyl (C=O) groups is 2. The van der Waals surface area contributed by atoms with E-state index >= 15 is 0 Å². The Kier molecular flexibility index (Phi) is 10.2. The topological polar surface area (TPSA) is 73.5 Å². The fraction of sp³-hybridized carbons (Fsp3) is 0.579. The highest BCUT2D eigenvalue weighted by atomic mass is 35.5. The third-order valence-corrected chi connectivity index (χ3v) is 4.43. The molecule has 1 saturated heterocycles. The van der Waals surface area contributed by atoms with Crippen molar-refractivity contribution in [3.8, 4) is 0 Å². The van der Waals surface area contributed by atoms with Gasteiger partial charge in [0.1, 0.15) is 0 Å². The second kappa shape index (κ2) is 11.9. The molecule has 1 unspecified atom stereocenters. The lowest BCUT2D eigenvalue weighted by molar-refractivity contribution is -0.122. The first-order chi connectivity index (χ1) is 12.0. The number of nitrogens with one attached hydrogen (secondary N) is 3. The van der Waals surface area contributed by atoms with Crippen LogP contribution in [0, 0.1) is 6.92 Å². The highest BCUT2D eigenvalue weighted by Gasteiger charge is 2.17. The third kappa shape index (κ3) is 8.17. The Bertz CT molecular complexity index is 559. The van der Waals surface area contributed by atoms with Gasteiger partial charge in [-0.1, -0.05) is 29.8 Å². The number of nitrogens with zero attached hydrogens (tertiary/aromatic N) is 1. The number of hydrogen-bond acceptors (Lipinski definition) is 4. The van der Waals surface area contributed by atoms with Gasteiger partial charge in [0.15, 0.2) is 0 Å². The first-order valence-corrected chi connectivity index (χ1v) is 9.08. The minimum absolute atomic E-state index is 0. The van der Waals surface area contributed by atoms with E-state index in [0.29, 0.717) is 6.54 Å².